The lowest BCUT2D eigenvalue weighted by atomic mass is 10.1. The van der Waals surface area contributed by atoms with Crippen molar-refractivity contribution in [1.29, 1.82) is 0 Å². The Labute approximate surface area is 214 Å². The molecule has 0 fully saturated rings. The molecule has 0 bridgehead atoms. The van der Waals surface area contributed by atoms with Crippen molar-refractivity contribution in [3.05, 3.63) is 83.9 Å². The van der Waals surface area contributed by atoms with Crippen molar-refractivity contribution in [3.8, 4) is 17.2 Å². The number of rotatable bonds is 11. The van der Waals surface area contributed by atoms with E-state index < -0.39 is 11.8 Å². The Morgan fingerprint density at radius 1 is 0.865 bits per heavy atom. The number of hydrogen-bond donors (Lipinski definition) is 3. The van der Waals surface area contributed by atoms with E-state index in [0.29, 0.717) is 35.7 Å². The normalized spacial score (nSPS) is 10.4. The summed E-state index contributed by atoms with van der Waals surface area (Å²) in [5.41, 5.74) is 4.25. The number of methoxy groups -OCH3 is 2. The van der Waals surface area contributed by atoms with Crippen LogP contribution in [-0.2, 0) is 20.8 Å². The Morgan fingerprint density at radius 2 is 1.62 bits per heavy atom. The van der Waals surface area contributed by atoms with Crippen LogP contribution >= 0.6 is 0 Å². The topological polar surface area (TPSA) is 127 Å². The summed E-state index contributed by atoms with van der Waals surface area (Å²) in [6.07, 6.45) is 1.90. The fourth-order valence-corrected chi connectivity index (χ4v) is 3.22. The van der Waals surface area contributed by atoms with Crippen LogP contribution in [0.15, 0.2) is 77.9 Å². The zero-order valence-corrected chi connectivity index (χ0v) is 20.5. The van der Waals surface area contributed by atoms with Gasteiger partial charge >= 0.3 is 11.8 Å². The van der Waals surface area contributed by atoms with Crippen molar-refractivity contribution in [1.82, 2.24) is 10.7 Å². The van der Waals surface area contributed by atoms with Gasteiger partial charge in [0, 0.05) is 17.8 Å². The summed E-state index contributed by atoms with van der Waals surface area (Å²) in [6, 6.07) is 21.5. The molecule has 192 valence electrons. The van der Waals surface area contributed by atoms with Gasteiger partial charge in [0.2, 0.25) is 0 Å². The van der Waals surface area contributed by atoms with Gasteiger partial charge in [-0.15, -0.1) is 0 Å². The van der Waals surface area contributed by atoms with Crippen LogP contribution in [0.25, 0.3) is 0 Å². The van der Waals surface area contributed by atoms with E-state index in [9.17, 15) is 14.4 Å². The molecule has 0 aliphatic rings. The van der Waals surface area contributed by atoms with Gasteiger partial charge in [-0.2, -0.15) is 5.10 Å². The minimum atomic E-state index is -0.909. The Kier molecular flexibility index (Phi) is 10.0. The SMILES string of the molecule is COc1ccc(NC(=O)COc2c(/C=N\NC(=O)C(=O)NCCc3ccccc3)cccc2OC)cc1. The lowest BCUT2D eigenvalue weighted by molar-refractivity contribution is -0.139. The highest BCUT2D eigenvalue weighted by Gasteiger charge is 2.14. The second-order valence-corrected chi connectivity index (χ2v) is 7.63. The first-order valence-corrected chi connectivity index (χ1v) is 11.4. The third-order valence-electron chi connectivity index (χ3n) is 5.07. The largest absolute Gasteiger partial charge is 0.497 e. The molecule has 0 spiro atoms. The Balaban J connectivity index is 1.53. The van der Waals surface area contributed by atoms with Crippen molar-refractivity contribution in [2.45, 2.75) is 6.42 Å². The summed E-state index contributed by atoms with van der Waals surface area (Å²) in [5.74, 6) is -0.811. The van der Waals surface area contributed by atoms with Crippen LogP contribution in [0, 0.1) is 0 Å². The first-order valence-electron chi connectivity index (χ1n) is 11.4. The van der Waals surface area contributed by atoms with Crippen LogP contribution in [0.2, 0.25) is 0 Å². The molecule has 3 amide bonds. The summed E-state index contributed by atoms with van der Waals surface area (Å²) in [5, 5.41) is 9.11. The molecule has 3 aromatic rings. The minimum Gasteiger partial charge on any atom is -0.497 e. The highest BCUT2D eigenvalue weighted by Crippen LogP contribution is 2.30. The van der Waals surface area contributed by atoms with Crippen LogP contribution < -0.4 is 30.3 Å². The van der Waals surface area contributed by atoms with Crippen molar-refractivity contribution >= 4 is 29.6 Å². The Bertz CT molecular complexity index is 1230. The number of ether oxygens (including phenoxy) is 3. The van der Waals surface area contributed by atoms with Gasteiger partial charge in [0.25, 0.3) is 5.91 Å². The molecule has 0 aliphatic heterocycles. The summed E-state index contributed by atoms with van der Waals surface area (Å²) < 4.78 is 16.1. The highest BCUT2D eigenvalue weighted by molar-refractivity contribution is 6.35. The fourth-order valence-electron chi connectivity index (χ4n) is 3.22. The fraction of sp³-hybridized carbons (Fsp3) is 0.185. The Morgan fingerprint density at radius 3 is 2.32 bits per heavy atom. The molecule has 0 heterocycles. The summed E-state index contributed by atoms with van der Waals surface area (Å²) in [7, 11) is 3.02. The van der Waals surface area contributed by atoms with Crippen LogP contribution in [0.5, 0.6) is 17.2 Å². The first kappa shape index (κ1) is 26.7. The van der Waals surface area contributed by atoms with E-state index in [1.807, 2.05) is 30.3 Å². The Hall–Kier alpha value is -4.86. The van der Waals surface area contributed by atoms with Gasteiger partial charge in [0.1, 0.15) is 5.75 Å². The van der Waals surface area contributed by atoms with Crippen LogP contribution in [0.1, 0.15) is 11.1 Å². The standard InChI is InChI=1S/C27H28N4O6/c1-35-22-13-11-21(12-14-22)30-24(32)18-37-25-20(9-6-10-23(25)36-2)17-29-31-27(34)26(33)28-16-15-19-7-4-3-5-8-19/h3-14,17H,15-16,18H2,1-2H3,(H,28,33)(H,30,32)(H,31,34)/b29-17-. The smallest absolute Gasteiger partial charge is 0.329 e. The predicted octanol–water partition coefficient (Wildman–Crippen LogP) is 2.53. The average Bonchev–Trinajstić information content (AvgIpc) is 2.93. The van der Waals surface area contributed by atoms with Crippen molar-refractivity contribution in [2.75, 3.05) is 32.7 Å². The molecule has 3 rings (SSSR count). The number of anilines is 1. The quantitative estimate of drug-likeness (QED) is 0.209. The van der Waals surface area contributed by atoms with Gasteiger partial charge in [-0.1, -0.05) is 36.4 Å². The number of amides is 3. The van der Waals surface area contributed by atoms with E-state index in [1.165, 1.54) is 13.3 Å². The number of nitrogens with one attached hydrogen (secondary N) is 3. The maximum Gasteiger partial charge on any atom is 0.329 e. The number of hydrazone groups is 1. The average molecular weight is 505 g/mol. The van der Waals surface area contributed by atoms with Gasteiger partial charge in [-0.25, -0.2) is 5.43 Å². The summed E-state index contributed by atoms with van der Waals surface area (Å²) in [4.78, 5) is 36.4. The molecule has 0 atom stereocenters. The number of carbonyl (C=O) groups is 3. The molecule has 0 unspecified atom stereocenters. The third kappa shape index (κ3) is 8.39. The van der Waals surface area contributed by atoms with E-state index in [0.717, 1.165) is 5.56 Å². The lowest BCUT2D eigenvalue weighted by Crippen LogP contribution is -2.38. The molecular formula is C27H28N4O6. The van der Waals surface area contributed by atoms with E-state index in [2.05, 4.69) is 21.2 Å². The van der Waals surface area contributed by atoms with E-state index >= 15 is 0 Å². The monoisotopic (exact) mass is 504 g/mol. The molecular weight excluding hydrogens is 476 g/mol. The zero-order chi connectivity index (χ0) is 26.5. The van der Waals surface area contributed by atoms with Crippen LogP contribution in [-0.4, -0.2) is 51.3 Å². The number of nitrogens with zero attached hydrogens (tertiary/aromatic N) is 1. The number of benzene rings is 3. The zero-order valence-electron chi connectivity index (χ0n) is 20.5. The summed E-state index contributed by atoms with van der Waals surface area (Å²) >= 11 is 0. The summed E-state index contributed by atoms with van der Waals surface area (Å²) in [6.45, 7) is 0.00979. The molecule has 37 heavy (non-hydrogen) atoms. The minimum absolute atomic E-state index is 0.250. The molecule has 0 radical (unpaired) electrons. The van der Waals surface area contributed by atoms with Crippen molar-refractivity contribution < 1.29 is 28.6 Å². The van der Waals surface area contributed by atoms with Gasteiger partial charge in [-0.05, 0) is 48.4 Å². The van der Waals surface area contributed by atoms with Crippen molar-refractivity contribution in [3.63, 3.8) is 0 Å². The van der Waals surface area contributed by atoms with Gasteiger partial charge in [0.15, 0.2) is 18.1 Å². The van der Waals surface area contributed by atoms with E-state index in [-0.39, 0.29) is 18.3 Å². The first-order chi connectivity index (χ1) is 18.0. The molecule has 10 nitrogen and oxygen atoms in total. The van der Waals surface area contributed by atoms with Crippen molar-refractivity contribution in [2.24, 2.45) is 5.10 Å². The second kappa shape index (κ2) is 13.9. The predicted molar refractivity (Wildman–Crippen MR) is 139 cm³/mol. The maximum atomic E-state index is 12.4. The maximum absolute atomic E-state index is 12.4. The molecule has 3 aromatic carbocycles. The molecule has 0 saturated carbocycles. The molecule has 0 aromatic heterocycles. The number of carbonyl (C=O) groups excluding carboxylic acids is 3. The third-order valence-corrected chi connectivity index (χ3v) is 5.07. The van der Waals surface area contributed by atoms with E-state index in [1.54, 1.807) is 49.6 Å². The number of para-hydroxylation sites is 1. The van der Waals surface area contributed by atoms with Crippen LogP contribution in [0.3, 0.4) is 0 Å². The lowest BCUT2D eigenvalue weighted by Gasteiger charge is -2.13. The molecule has 0 aliphatic carbocycles. The molecule has 3 N–H and O–H groups in total. The second-order valence-electron chi connectivity index (χ2n) is 7.63. The molecule has 0 saturated heterocycles. The van der Waals surface area contributed by atoms with Gasteiger partial charge in [-0.3, -0.25) is 14.4 Å². The van der Waals surface area contributed by atoms with Crippen LogP contribution in [0.4, 0.5) is 5.69 Å². The molecule has 10 heteroatoms. The van der Waals surface area contributed by atoms with E-state index in [4.69, 9.17) is 14.2 Å². The highest BCUT2D eigenvalue weighted by atomic mass is 16.5. The van der Waals surface area contributed by atoms with Gasteiger partial charge < -0.3 is 24.8 Å². The van der Waals surface area contributed by atoms with Gasteiger partial charge in [0.05, 0.1) is 20.4 Å². The number of hydrogen-bond acceptors (Lipinski definition) is 7.